The summed E-state index contributed by atoms with van der Waals surface area (Å²) in [6.07, 6.45) is -0.163. The monoisotopic (exact) mass is 486 g/mol. The van der Waals surface area contributed by atoms with Crippen molar-refractivity contribution >= 4 is 44.7 Å². The second-order valence-electron chi connectivity index (χ2n) is 7.45. The van der Waals surface area contributed by atoms with Crippen LogP contribution in [-0.2, 0) is 14.6 Å². The first-order valence-corrected chi connectivity index (χ1v) is 12.4. The van der Waals surface area contributed by atoms with Crippen molar-refractivity contribution in [3.8, 4) is 0 Å². The van der Waals surface area contributed by atoms with Gasteiger partial charge in [-0.2, -0.15) is 5.10 Å². The van der Waals surface area contributed by atoms with Gasteiger partial charge < -0.3 is 0 Å². The van der Waals surface area contributed by atoms with Crippen LogP contribution in [-0.4, -0.2) is 37.3 Å². The van der Waals surface area contributed by atoms with Crippen LogP contribution >= 0.6 is 23.2 Å². The fourth-order valence-corrected chi connectivity index (χ4v) is 5.08. The first-order valence-electron chi connectivity index (χ1n) is 10.0. The minimum Gasteiger partial charge on any atom is -0.273 e. The summed E-state index contributed by atoms with van der Waals surface area (Å²) in [5, 5.41) is 7.02. The molecular weight excluding hydrogens is 467 g/mol. The molecule has 32 heavy (non-hydrogen) atoms. The topological polar surface area (TPSA) is 66.8 Å². The Bertz CT molecular complexity index is 1240. The minimum absolute atomic E-state index is 0.116. The Labute approximate surface area is 197 Å². The van der Waals surface area contributed by atoms with E-state index in [0.717, 1.165) is 16.8 Å². The van der Waals surface area contributed by atoms with Gasteiger partial charge in [-0.15, -0.1) is 0 Å². The summed E-state index contributed by atoms with van der Waals surface area (Å²) in [5.41, 5.74) is 2.65. The summed E-state index contributed by atoms with van der Waals surface area (Å²) in [7, 11) is -3.61. The van der Waals surface area contributed by atoms with Gasteiger partial charge in [0.15, 0.2) is 9.84 Å². The molecule has 1 heterocycles. The third kappa shape index (κ3) is 5.04. The summed E-state index contributed by atoms with van der Waals surface area (Å²) >= 11 is 11.9. The molecule has 5 nitrogen and oxygen atoms in total. The number of amides is 1. The minimum atomic E-state index is -3.61. The summed E-state index contributed by atoms with van der Waals surface area (Å²) < 4.78 is 25.2. The van der Waals surface area contributed by atoms with Crippen molar-refractivity contribution in [2.24, 2.45) is 5.10 Å². The van der Waals surface area contributed by atoms with E-state index in [0.29, 0.717) is 16.6 Å². The van der Waals surface area contributed by atoms with Gasteiger partial charge in [-0.1, -0.05) is 65.7 Å². The molecule has 1 amide bonds. The van der Waals surface area contributed by atoms with Crippen LogP contribution in [0.5, 0.6) is 0 Å². The quantitative estimate of drug-likeness (QED) is 0.481. The Balaban J connectivity index is 1.54. The number of rotatable bonds is 6. The average Bonchev–Trinajstić information content (AvgIpc) is 3.24. The summed E-state index contributed by atoms with van der Waals surface area (Å²) in [4.78, 5) is 13.0. The Morgan fingerprint density at radius 3 is 2.12 bits per heavy atom. The van der Waals surface area contributed by atoms with Crippen LogP contribution in [0.4, 0.5) is 0 Å². The van der Waals surface area contributed by atoms with E-state index < -0.39 is 9.84 Å². The maximum absolute atomic E-state index is 12.9. The highest BCUT2D eigenvalue weighted by Gasteiger charge is 2.32. The predicted octanol–water partition coefficient (Wildman–Crippen LogP) is 5.19. The summed E-state index contributed by atoms with van der Waals surface area (Å²) in [6.45, 7) is 0.349. The zero-order chi connectivity index (χ0) is 22.7. The molecule has 0 spiro atoms. The van der Waals surface area contributed by atoms with Crippen molar-refractivity contribution in [3.05, 3.63) is 100 Å². The lowest BCUT2D eigenvalue weighted by molar-refractivity contribution is -0.130. The number of hydrazone groups is 1. The molecule has 8 heteroatoms. The van der Waals surface area contributed by atoms with Gasteiger partial charge in [0.1, 0.15) is 0 Å². The maximum atomic E-state index is 12.9. The number of sulfone groups is 1. The van der Waals surface area contributed by atoms with E-state index in [2.05, 4.69) is 5.10 Å². The van der Waals surface area contributed by atoms with E-state index in [1.807, 2.05) is 42.5 Å². The maximum Gasteiger partial charge on any atom is 0.243 e. The van der Waals surface area contributed by atoms with Crippen molar-refractivity contribution in [2.45, 2.75) is 17.2 Å². The van der Waals surface area contributed by atoms with E-state index in [1.54, 1.807) is 12.1 Å². The molecule has 3 aromatic rings. The highest BCUT2D eigenvalue weighted by molar-refractivity contribution is 7.91. The molecule has 0 fully saturated rings. The molecule has 0 radical (unpaired) electrons. The molecule has 0 aliphatic carbocycles. The summed E-state index contributed by atoms with van der Waals surface area (Å²) in [6, 6.07) is 23.0. The Morgan fingerprint density at radius 1 is 0.906 bits per heavy atom. The van der Waals surface area contributed by atoms with E-state index in [1.165, 1.54) is 29.3 Å². The molecule has 0 aromatic heterocycles. The normalized spacial score (nSPS) is 16.1. The molecule has 0 saturated heterocycles. The molecule has 0 N–H and O–H groups in total. The number of nitrogens with zero attached hydrogens (tertiary/aromatic N) is 2. The van der Waals surface area contributed by atoms with Crippen LogP contribution in [0, 0.1) is 0 Å². The average molecular weight is 487 g/mol. The standard InChI is InChI=1S/C24H20Cl2N2O3S/c25-19-8-6-18(7-9-19)24-22(17-4-2-1-3-5-17)16-28(27-24)23(29)14-15-32(30,31)21-12-10-20(26)11-13-21/h1-13,22H,14-16H2. The lowest BCUT2D eigenvalue weighted by Crippen LogP contribution is -2.27. The number of carbonyl (C=O) groups is 1. The fraction of sp³-hybridized carbons (Fsp3) is 0.167. The Hall–Kier alpha value is -2.67. The van der Waals surface area contributed by atoms with Gasteiger partial charge in [0.25, 0.3) is 0 Å². The van der Waals surface area contributed by atoms with Gasteiger partial charge in [-0.25, -0.2) is 13.4 Å². The van der Waals surface area contributed by atoms with Crippen molar-refractivity contribution in [1.29, 1.82) is 0 Å². The van der Waals surface area contributed by atoms with Gasteiger partial charge in [0.2, 0.25) is 5.91 Å². The van der Waals surface area contributed by atoms with Gasteiger partial charge >= 0.3 is 0 Å². The molecule has 1 aliphatic heterocycles. The van der Waals surface area contributed by atoms with Gasteiger partial charge in [0, 0.05) is 22.4 Å². The van der Waals surface area contributed by atoms with Crippen molar-refractivity contribution < 1.29 is 13.2 Å². The van der Waals surface area contributed by atoms with E-state index >= 15 is 0 Å². The number of hydrogen-bond donors (Lipinski definition) is 0. The zero-order valence-corrected chi connectivity index (χ0v) is 19.3. The van der Waals surface area contributed by atoms with Crippen molar-refractivity contribution in [2.75, 3.05) is 12.3 Å². The van der Waals surface area contributed by atoms with Crippen LogP contribution in [0.1, 0.15) is 23.5 Å². The third-order valence-electron chi connectivity index (χ3n) is 5.30. The van der Waals surface area contributed by atoms with Crippen LogP contribution in [0.15, 0.2) is 88.9 Å². The largest absolute Gasteiger partial charge is 0.273 e. The van der Waals surface area contributed by atoms with Gasteiger partial charge in [-0.3, -0.25) is 4.79 Å². The first-order chi connectivity index (χ1) is 15.3. The van der Waals surface area contributed by atoms with E-state index in [4.69, 9.17) is 23.2 Å². The second-order valence-corrected chi connectivity index (χ2v) is 10.4. The smallest absolute Gasteiger partial charge is 0.243 e. The van der Waals surface area contributed by atoms with Crippen molar-refractivity contribution in [1.82, 2.24) is 5.01 Å². The Morgan fingerprint density at radius 2 is 1.50 bits per heavy atom. The third-order valence-corrected chi connectivity index (χ3v) is 7.54. The molecule has 3 aromatic carbocycles. The van der Waals surface area contributed by atoms with Crippen LogP contribution in [0.3, 0.4) is 0 Å². The number of benzene rings is 3. The molecule has 4 rings (SSSR count). The molecule has 0 bridgehead atoms. The summed E-state index contributed by atoms with van der Waals surface area (Å²) in [5.74, 6) is -0.757. The highest BCUT2D eigenvalue weighted by Crippen LogP contribution is 2.30. The molecule has 1 aliphatic rings. The Kier molecular flexibility index (Phi) is 6.65. The fourth-order valence-electron chi connectivity index (χ4n) is 3.60. The molecule has 164 valence electrons. The van der Waals surface area contributed by atoms with Gasteiger partial charge in [-0.05, 0) is 47.5 Å². The van der Waals surface area contributed by atoms with Gasteiger partial charge in [0.05, 0.1) is 22.9 Å². The van der Waals surface area contributed by atoms with E-state index in [-0.39, 0.29) is 28.9 Å². The van der Waals surface area contributed by atoms with Crippen molar-refractivity contribution in [3.63, 3.8) is 0 Å². The molecule has 1 unspecified atom stereocenters. The second kappa shape index (κ2) is 9.45. The van der Waals surface area contributed by atoms with Crippen LogP contribution in [0.2, 0.25) is 10.0 Å². The van der Waals surface area contributed by atoms with Crippen LogP contribution < -0.4 is 0 Å². The number of halogens is 2. The molecule has 1 atom stereocenters. The predicted molar refractivity (Wildman–Crippen MR) is 127 cm³/mol. The van der Waals surface area contributed by atoms with Crippen LogP contribution in [0.25, 0.3) is 0 Å². The highest BCUT2D eigenvalue weighted by atomic mass is 35.5. The first kappa shape index (κ1) is 22.5. The molecular formula is C24H20Cl2N2O3S. The van der Waals surface area contributed by atoms with E-state index in [9.17, 15) is 13.2 Å². The SMILES string of the molecule is O=C(CCS(=O)(=O)c1ccc(Cl)cc1)N1CC(c2ccccc2)C(c2ccc(Cl)cc2)=N1. The molecule has 0 saturated carbocycles. The lowest BCUT2D eigenvalue weighted by Gasteiger charge is -2.15. The number of hydrogen-bond acceptors (Lipinski definition) is 4. The number of carbonyl (C=O) groups excluding carboxylic acids is 1. The zero-order valence-electron chi connectivity index (χ0n) is 17.0. The lowest BCUT2D eigenvalue weighted by atomic mass is 9.91.